The van der Waals surface area contributed by atoms with Gasteiger partial charge in [0, 0.05) is 11.6 Å². The summed E-state index contributed by atoms with van der Waals surface area (Å²) in [5, 5.41) is 9.26. The van der Waals surface area contributed by atoms with Gasteiger partial charge >= 0.3 is 6.18 Å². The molecule has 0 saturated carbocycles. The number of aliphatic hydroxyl groups excluding tert-OH is 1. The second-order valence-electron chi connectivity index (χ2n) is 3.42. The molecule has 0 aliphatic heterocycles. The minimum absolute atomic E-state index is 0.0346. The Labute approximate surface area is 103 Å². The van der Waals surface area contributed by atoms with Gasteiger partial charge in [-0.1, -0.05) is 0 Å². The zero-order valence-electron chi connectivity index (χ0n) is 9.01. The smallest absolute Gasteiger partial charge is 0.417 e. The molecule has 0 atom stereocenters. The monoisotopic (exact) mass is 284 g/mol. The quantitative estimate of drug-likeness (QED) is 0.523. The number of hydrogen-bond donors (Lipinski definition) is 1. The van der Waals surface area contributed by atoms with Crippen LogP contribution >= 0.6 is 0 Å². The van der Waals surface area contributed by atoms with Crippen molar-refractivity contribution in [2.45, 2.75) is 12.6 Å². The predicted molar refractivity (Wildman–Crippen MR) is 53.0 cm³/mol. The van der Waals surface area contributed by atoms with E-state index in [1.54, 1.807) is 0 Å². The van der Waals surface area contributed by atoms with Gasteiger partial charge in [-0.3, -0.25) is 4.79 Å². The molecule has 2 nitrogen and oxygen atoms in total. The third-order valence-corrected chi connectivity index (χ3v) is 2.06. The van der Waals surface area contributed by atoms with Gasteiger partial charge in [0.1, 0.15) is 11.6 Å². The van der Waals surface area contributed by atoms with Crippen molar-refractivity contribution in [3.63, 3.8) is 0 Å². The van der Waals surface area contributed by atoms with E-state index in [0.29, 0.717) is 12.1 Å². The molecule has 0 aliphatic rings. The van der Waals surface area contributed by atoms with E-state index in [2.05, 4.69) is 0 Å². The number of benzene rings is 1. The minimum atomic E-state index is -5.01. The van der Waals surface area contributed by atoms with E-state index in [1.165, 1.54) is 0 Å². The van der Waals surface area contributed by atoms with E-state index in [4.69, 9.17) is 0 Å². The van der Waals surface area contributed by atoms with Crippen molar-refractivity contribution in [3.8, 4) is 0 Å². The second-order valence-corrected chi connectivity index (χ2v) is 3.42. The molecule has 0 aromatic heterocycles. The molecule has 0 bridgehead atoms. The molecule has 104 valence electrons. The van der Waals surface area contributed by atoms with Gasteiger partial charge in [-0.2, -0.15) is 13.2 Å². The highest BCUT2D eigenvalue weighted by Gasteiger charge is 2.35. The number of rotatable bonds is 3. The Kier molecular flexibility index (Phi) is 4.23. The fourth-order valence-electron chi connectivity index (χ4n) is 1.25. The van der Waals surface area contributed by atoms with Gasteiger partial charge in [-0.15, -0.1) is 0 Å². The maximum absolute atomic E-state index is 12.7. The standard InChI is InChI=1S/C11H6F6O2/c12-5-1-2-6(7(3-5)11(15,16)17)8(18)4-9(19)10(13)14/h1-4,10,18H/b8-4-. The lowest BCUT2D eigenvalue weighted by atomic mass is 10.0. The molecule has 0 spiro atoms. The summed E-state index contributed by atoms with van der Waals surface area (Å²) >= 11 is 0. The molecule has 8 heteroatoms. The summed E-state index contributed by atoms with van der Waals surface area (Å²) in [4.78, 5) is 10.6. The first kappa shape index (κ1) is 15.1. The third kappa shape index (κ3) is 3.73. The zero-order valence-corrected chi connectivity index (χ0v) is 9.01. The van der Waals surface area contributed by atoms with Crippen LogP contribution in [0.25, 0.3) is 5.76 Å². The summed E-state index contributed by atoms with van der Waals surface area (Å²) < 4.78 is 74.2. The molecule has 0 amide bonds. The lowest BCUT2D eigenvalue weighted by Crippen LogP contribution is -2.11. The fraction of sp³-hybridized carbons (Fsp3) is 0.182. The Morgan fingerprint density at radius 1 is 1.26 bits per heavy atom. The molecule has 1 N–H and O–H groups in total. The van der Waals surface area contributed by atoms with Gasteiger partial charge in [0.2, 0.25) is 5.78 Å². The van der Waals surface area contributed by atoms with Crippen molar-refractivity contribution in [2.24, 2.45) is 0 Å². The molecule has 0 aliphatic carbocycles. The van der Waals surface area contributed by atoms with Crippen LogP contribution in [-0.2, 0) is 11.0 Å². The van der Waals surface area contributed by atoms with E-state index in [9.17, 15) is 36.2 Å². The second kappa shape index (κ2) is 5.33. The van der Waals surface area contributed by atoms with Crippen molar-refractivity contribution < 1.29 is 36.2 Å². The van der Waals surface area contributed by atoms with Crippen LogP contribution in [0.4, 0.5) is 26.3 Å². The van der Waals surface area contributed by atoms with Crippen molar-refractivity contribution in [1.82, 2.24) is 0 Å². The summed E-state index contributed by atoms with van der Waals surface area (Å²) in [6.07, 6.45) is -8.50. The van der Waals surface area contributed by atoms with Crippen LogP contribution in [0.1, 0.15) is 11.1 Å². The number of allylic oxidation sites excluding steroid dienone is 1. The van der Waals surface area contributed by atoms with Crippen molar-refractivity contribution in [1.29, 1.82) is 0 Å². The van der Waals surface area contributed by atoms with E-state index in [-0.39, 0.29) is 12.1 Å². The maximum atomic E-state index is 12.7. The van der Waals surface area contributed by atoms with Gasteiger partial charge in [0.25, 0.3) is 6.43 Å². The predicted octanol–water partition coefficient (Wildman–Crippen LogP) is 3.58. The first-order valence-electron chi connectivity index (χ1n) is 4.72. The number of hydrogen-bond acceptors (Lipinski definition) is 2. The van der Waals surface area contributed by atoms with Crippen LogP contribution in [0.3, 0.4) is 0 Å². The normalized spacial score (nSPS) is 12.9. The number of halogens is 6. The van der Waals surface area contributed by atoms with Crippen LogP contribution in [-0.4, -0.2) is 17.3 Å². The molecular weight excluding hydrogens is 278 g/mol. The Balaban J connectivity index is 3.31. The SMILES string of the molecule is O=C(/C=C(\O)c1ccc(F)cc1C(F)(F)F)C(F)F. The van der Waals surface area contributed by atoms with Crippen LogP contribution in [0.15, 0.2) is 24.3 Å². The van der Waals surface area contributed by atoms with Crippen molar-refractivity contribution >= 4 is 11.5 Å². The number of aliphatic hydroxyl groups is 1. The fourth-order valence-corrected chi connectivity index (χ4v) is 1.25. The first-order chi connectivity index (χ1) is 8.62. The first-order valence-corrected chi connectivity index (χ1v) is 4.72. The topological polar surface area (TPSA) is 37.3 Å². The lowest BCUT2D eigenvalue weighted by Gasteiger charge is -2.12. The summed E-state index contributed by atoms with van der Waals surface area (Å²) in [6, 6.07) is 1.23. The minimum Gasteiger partial charge on any atom is -0.507 e. The highest BCUT2D eigenvalue weighted by Crippen LogP contribution is 2.34. The van der Waals surface area contributed by atoms with Gasteiger partial charge in [0.15, 0.2) is 0 Å². The van der Waals surface area contributed by atoms with Gasteiger partial charge in [-0.25, -0.2) is 13.2 Å². The molecule has 1 aromatic rings. The number of carbonyl (C=O) groups excluding carboxylic acids is 1. The van der Waals surface area contributed by atoms with Gasteiger partial charge in [0.05, 0.1) is 5.56 Å². The Hall–Kier alpha value is -1.99. The molecule has 0 unspecified atom stereocenters. The van der Waals surface area contributed by atoms with E-state index in [0.717, 1.165) is 0 Å². The Morgan fingerprint density at radius 3 is 2.32 bits per heavy atom. The molecule has 0 radical (unpaired) electrons. The van der Waals surface area contributed by atoms with Crippen LogP contribution in [0.5, 0.6) is 0 Å². The molecule has 0 saturated heterocycles. The van der Waals surface area contributed by atoms with E-state index in [1.807, 2.05) is 0 Å². The van der Waals surface area contributed by atoms with Crippen molar-refractivity contribution in [2.75, 3.05) is 0 Å². The third-order valence-electron chi connectivity index (χ3n) is 2.06. The summed E-state index contributed by atoms with van der Waals surface area (Å²) in [5.41, 5.74) is -2.52. The number of alkyl halides is 5. The highest BCUT2D eigenvalue weighted by molar-refractivity contribution is 5.97. The Bertz CT molecular complexity index is 518. The van der Waals surface area contributed by atoms with Crippen LogP contribution in [0, 0.1) is 5.82 Å². The molecule has 19 heavy (non-hydrogen) atoms. The maximum Gasteiger partial charge on any atom is 0.417 e. The summed E-state index contributed by atoms with van der Waals surface area (Å²) in [5.74, 6) is -4.38. The highest BCUT2D eigenvalue weighted by atomic mass is 19.4. The molecule has 1 rings (SSSR count). The van der Waals surface area contributed by atoms with Crippen LogP contribution < -0.4 is 0 Å². The summed E-state index contributed by atoms with van der Waals surface area (Å²) in [7, 11) is 0. The van der Waals surface area contributed by atoms with Gasteiger partial charge < -0.3 is 5.11 Å². The molecule has 0 heterocycles. The number of ketones is 1. The largest absolute Gasteiger partial charge is 0.507 e. The van der Waals surface area contributed by atoms with Crippen molar-refractivity contribution in [3.05, 3.63) is 41.2 Å². The average molecular weight is 284 g/mol. The number of carbonyl (C=O) groups is 1. The lowest BCUT2D eigenvalue weighted by molar-refractivity contribution is -0.138. The van der Waals surface area contributed by atoms with E-state index < -0.39 is 41.1 Å². The summed E-state index contributed by atoms with van der Waals surface area (Å²) in [6.45, 7) is 0. The Morgan fingerprint density at radius 2 is 1.84 bits per heavy atom. The van der Waals surface area contributed by atoms with Gasteiger partial charge in [-0.05, 0) is 18.2 Å². The average Bonchev–Trinajstić information content (AvgIpc) is 2.27. The van der Waals surface area contributed by atoms with E-state index >= 15 is 0 Å². The zero-order chi connectivity index (χ0) is 14.8. The molecular formula is C11H6F6O2. The molecule has 1 aromatic carbocycles. The molecule has 0 fully saturated rings. The van der Waals surface area contributed by atoms with Crippen LogP contribution in [0.2, 0.25) is 0 Å².